The third-order valence-corrected chi connectivity index (χ3v) is 3.61. The number of amides is 2. The standard InChI is InChI=1S/C17H14N2O4/c1-10(20)23-16-12-7-3-5-9-14(12)19(17(18)22)13-8-4-2-6-11(13)15(16)21/h2-9,16H,1H3,(H2,18,22)/t16-/m0/s1. The number of urea groups is 1. The Bertz CT molecular complexity index is 816. The van der Waals surface area contributed by atoms with E-state index in [0.717, 1.165) is 0 Å². The van der Waals surface area contributed by atoms with Gasteiger partial charge in [-0.2, -0.15) is 0 Å². The summed E-state index contributed by atoms with van der Waals surface area (Å²) in [5.74, 6) is -0.977. The maximum atomic E-state index is 12.8. The number of rotatable bonds is 1. The molecule has 3 rings (SSSR count). The maximum absolute atomic E-state index is 12.8. The second kappa shape index (κ2) is 5.57. The molecule has 0 aromatic heterocycles. The van der Waals surface area contributed by atoms with Crippen molar-refractivity contribution in [2.75, 3.05) is 4.90 Å². The summed E-state index contributed by atoms with van der Waals surface area (Å²) in [5.41, 5.74) is 7.01. The topological polar surface area (TPSA) is 89.7 Å². The Balaban J connectivity index is 2.32. The monoisotopic (exact) mass is 310 g/mol. The Morgan fingerprint density at radius 1 is 1.04 bits per heavy atom. The zero-order valence-corrected chi connectivity index (χ0v) is 12.4. The molecule has 0 saturated carbocycles. The zero-order valence-electron chi connectivity index (χ0n) is 12.4. The lowest BCUT2D eigenvalue weighted by Crippen LogP contribution is -2.32. The number of carbonyl (C=O) groups is 3. The molecule has 1 aliphatic heterocycles. The molecule has 0 spiro atoms. The number of hydrogen-bond donors (Lipinski definition) is 1. The number of nitrogens with two attached hydrogens (primary N) is 1. The highest BCUT2D eigenvalue weighted by atomic mass is 16.5. The van der Waals surface area contributed by atoms with Crippen LogP contribution in [0.5, 0.6) is 0 Å². The molecule has 23 heavy (non-hydrogen) atoms. The molecule has 116 valence electrons. The number of nitrogens with zero attached hydrogens (tertiary/aromatic N) is 1. The summed E-state index contributed by atoms with van der Waals surface area (Å²) in [6, 6.07) is 12.6. The molecule has 6 nitrogen and oxygen atoms in total. The van der Waals surface area contributed by atoms with Gasteiger partial charge in [0.25, 0.3) is 0 Å². The molecule has 0 aliphatic carbocycles. The minimum Gasteiger partial charge on any atom is -0.449 e. The van der Waals surface area contributed by atoms with Gasteiger partial charge in [-0.3, -0.25) is 14.5 Å². The van der Waals surface area contributed by atoms with E-state index >= 15 is 0 Å². The van der Waals surface area contributed by atoms with Crippen molar-refractivity contribution in [1.82, 2.24) is 0 Å². The van der Waals surface area contributed by atoms with Gasteiger partial charge in [0.15, 0.2) is 6.10 Å². The molecule has 0 fully saturated rings. The fourth-order valence-corrected chi connectivity index (χ4v) is 2.72. The van der Waals surface area contributed by atoms with E-state index in [1.165, 1.54) is 11.8 Å². The van der Waals surface area contributed by atoms with E-state index in [-0.39, 0.29) is 5.56 Å². The van der Waals surface area contributed by atoms with Crippen LogP contribution in [0.2, 0.25) is 0 Å². The molecule has 0 radical (unpaired) electrons. The lowest BCUT2D eigenvalue weighted by atomic mass is 10.00. The van der Waals surface area contributed by atoms with Crippen LogP contribution in [0.1, 0.15) is 28.9 Å². The number of anilines is 2. The summed E-state index contributed by atoms with van der Waals surface area (Å²) in [7, 11) is 0. The number of Topliss-reactive ketones (excluding diaryl/α,β-unsaturated/α-hetero) is 1. The molecule has 2 amide bonds. The first-order valence-corrected chi connectivity index (χ1v) is 6.99. The summed E-state index contributed by atoms with van der Waals surface area (Å²) >= 11 is 0. The molecule has 0 bridgehead atoms. The maximum Gasteiger partial charge on any atom is 0.323 e. The third-order valence-electron chi connectivity index (χ3n) is 3.61. The fourth-order valence-electron chi connectivity index (χ4n) is 2.72. The van der Waals surface area contributed by atoms with E-state index in [1.54, 1.807) is 48.5 Å². The molecule has 1 aliphatic rings. The molecule has 0 unspecified atom stereocenters. The number of fused-ring (bicyclic) bond motifs is 2. The van der Waals surface area contributed by atoms with Gasteiger partial charge in [-0.05, 0) is 18.2 Å². The minimum atomic E-state index is -1.12. The first kappa shape index (κ1) is 14.8. The van der Waals surface area contributed by atoms with Crippen LogP contribution < -0.4 is 10.6 Å². The Hall–Kier alpha value is -3.15. The molecular formula is C17H14N2O4. The van der Waals surface area contributed by atoms with E-state index in [2.05, 4.69) is 0 Å². The van der Waals surface area contributed by atoms with Gasteiger partial charge in [-0.25, -0.2) is 4.79 Å². The number of ketones is 1. The normalized spacial score (nSPS) is 16.1. The molecule has 1 atom stereocenters. The predicted molar refractivity (Wildman–Crippen MR) is 83.4 cm³/mol. The highest BCUT2D eigenvalue weighted by molar-refractivity contribution is 6.13. The van der Waals surface area contributed by atoms with Crippen LogP contribution in [-0.2, 0) is 9.53 Å². The number of primary amides is 1. The average molecular weight is 310 g/mol. The highest BCUT2D eigenvalue weighted by Gasteiger charge is 2.36. The minimum absolute atomic E-state index is 0.272. The molecule has 1 heterocycles. The van der Waals surface area contributed by atoms with Crippen LogP contribution in [-0.4, -0.2) is 17.8 Å². The van der Waals surface area contributed by atoms with E-state index < -0.39 is 23.9 Å². The Morgan fingerprint density at radius 2 is 1.65 bits per heavy atom. The van der Waals surface area contributed by atoms with Gasteiger partial charge in [0.2, 0.25) is 5.78 Å². The number of benzene rings is 2. The van der Waals surface area contributed by atoms with Crippen LogP contribution in [0.25, 0.3) is 0 Å². The predicted octanol–water partition coefficient (Wildman–Crippen LogP) is 2.70. The second-order valence-electron chi connectivity index (χ2n) is 5.10. The van der Waals surface area contributed by atoms with E-state index in [0.29, 0.717) is 16.9 Å². The number of ether oxygens (including phenoxy) is 1. The van der Waals surface area contributed by atoms with E-state index in [4.69, 9.17) is 10.5 Å². The van der Waals surface area contributed by atoms with Gasteiger partial charge < -0.3 is 10.5 Å². The van der Waals surface area contributed by atoms with Gasteiger partial charge in [-0.15, -0.1) is 0 Å². The van der Waals surface area contributed by atoms with Gasteiger partial charge in [0, 0.05) is 18.1 Å². The number of para-hydroxylation sites is 2. The molecule has 2 aromatic rings. The summed E-state index contributed by atoms with van der Waals surface area (Å²) in [5, 5.41) is 0. The Morgan fingerprint density at radius 3 is 2.30 bits per heavy atom. The first-order valence-electron chi connectivity index (χ1n) is 6.99. The van der Waals surface area contributed by atoms with Crippen molar-refractivity contribution in [2.45, 2.75) is 13.0 Å². The van der Waals surface area contributed by atoms with Gasteiger partial charge in [0.1, 0.15) is 0 Å². The third kappa shape index (κ3) is 2.44. The number of hydrogen-bond acceptors (Lipinski definition) is 4. The van der Waals surface area contributed by atoms with Crippen molar-refractivity contribution in [3.63, 3.8) is 0 Å². The highest BCUT2D eigenvalue weighted by Crippen LogP contribution is 2.41. The average Bonchev–Trinajstić information content (AvgIpc) is 2.62. The zero-order chi connectivity index (χ0) is 16.6. The largest absolute Gasteiger partial charge is 0.449 e. The number of esters is 1. The van der Waals surface area contributed by atoms with Gasteiger partial charge in [0.05, 0.1) is 11.4 Å². The fraction of sp³-hybridized carbons (Fsp3) is 0.118. The van der Waals surface area contributed by atoms with Crippen molar-refractivity contribution in [2.24, 2.45) is 5.73 Å². The smallest absolute Gasteiger partial charge is 0.323 e. The van der Waals surface area contributed by atoms with Crippen LogP contribution in [0.3, 0.4) is 0 Å². The molecule has 0 saturated heterocycles. The SMILES string of the molecule is CC(=O)O[C@@H]1C(=O)c2ccccc2N(C(N)=O)c2ccccc21. The van der Waals surface area contributed by atoms with Crippen molar-refractivity contribution < 1.29 is 19.1 Å². The second-order valence-corrected chi connectivity index (χ2v) is 5.10. The summed E-state index contributed by atoms with van der Waals surface area (Å²) in [6.45, 7) is 1.23. The molecule has 2 N–H and O–H groups in total. The lowest BCUT2D eigenvalue weighted by molar-refractivity contribution is -0.144. The summed E-state index contributed by atoms with van der Waals surface area (Å²) < 4.78 is 5.23. The van der Waals surface area contributed by atoms with Crippen molar-refractivity contribution in [1.29, 1.82) is 0 Å². The molecule has 2 aromatic carbocycles. The lowest BCUT2D eigenvalue weighted by Gasteiger charge is -2.22. The summed E-state index contributed by atoms with van der Waals surface area (Å²) in [6.07, 6.45) is -1.12. The van der Waals surface area contributed by atoms with Gasteiger partial charge in [-0.1, -0.05) is 30.3 Å². The van der Waals surface area contributed by atoms with Crippen molar-refractivity contribution >= 4 is 29.2 Å². The van der Waals surface area contributed by atoms with Crippen LogP contribution in [0.4, 0.5) is 16.2 Å². The number of carbonyl (C=O) groups excluding carboxylic acids is 3. The first-order chi connectivity index (χ1) is 11.0. The van der Waals surface area contributed by atoms with Crippen molar-refractivity contribution in [3.8, 4) is 0 Å². The Labute approximate surface area is 132 Å². The van der Waals surface area contributed by atoms with Crippen molar-refractivity contribution in [3.05, 3.63) is 59.7 Å². The van der Waals surface area contributed by atoms with Crippen LogP contribution in [0, 0.1) is 0 Å². The van der Waals surface area contributed by atoms with Gasteiger partial charge >= 0.3 is 12.0 Å². The quantitative estimate of drug-likeness (QED) is 0.820. The van der Waals surface area contributed by atoms with E-state index in [1.807, 2.05) is 0 Å². The van der Waals surface area contributed by atoms with E-state index in [9.17, 15) is 14.4 Å². The van der Waals surface area contributed by atoms with Crippen LogP contribution in [0.15, 0.2) is 48.5 Å². The summed E-state index contributed by atoms with van der Waals surface area (Å²) in [4.78, 5) is 37.5. The molecule has 6 heteroatoms. The Kier molecular flexibility index (Phi) is 3.57. The molecular weight excluding hydrogens is 296 g/mol. The van der Waals surface area contributed by atoms with Crippen LogP contribution >= 0.6 is 0 Å².